The van der Waals surface area contributed by atoms with Gasteiger partial charge in [-0.3, -0.25) is 0 Å². The van der Waals surface area contributed by atoms with Gasteiger partial charge in [-0.2, -0.15) is 0 Å². The molecule has 66 valence electrons. The Balaban J connectivity index is 2.47. The van der Waals surface area contributed by atoms with Crippen molar-refractivity contribution in [2.75, 3.05) is 7.11 Å². The van der Waals surface area contributed by atoms with Crippen molar-refractivity contribution in [1.82, 2.24) is 5.06 Å². The summed E-state index contributed by atoms with van der Waals surface area (Å²) in [5.41, 5.74) is 0. The van der Waals surface area contributed by atoms with Crippen LogP contribution in [0.1, 0.15) is 26.7 Å². The molecule has 1 aliphatic heterocycles. The lowest BCUT2D eigenvalue weighted by atomic mass is 9.97. The van der Waals surface area contributed by atoms with Gasteiger partial charge in [0.2, 0.25) is 0 Å². The lowest BCUT2D eigenvalue weighted by Crippen LogP contribution is -2.45. The molecule has 0 aromatic rings. The van der Waals surface area contributed by atoms with Gasteiger partial charge in [0.05, 0.1) is 6.10 Å². The molecule has 1 fully saturated rings. The van der Waals surface area contributed by atoms with Gasteiger partial charge in [0.1, 0.15) is 0 Å². The van der Waals surface area contributed by atoms with Gasteiger partial charge in [0.15, 0.2) is 0 Å². The van der Waals surface area contributed by atoms with Gasteiger partial charge in [0.25, 0.3) is 0 Å². The number of methoxy groups -OCH3 is 1. The topological polar surface area (TPSA) is 35.5 Å². The average Bonchev–Trinajstić information content (AvgIpc) is 1.99. The zero-order valence-corrected chi connectivity index (χ0v) is 7.41. The van der Waals surface area contributed by atoms with Crippen molar-refractivity contribution in [3.63, 3.8) is 0 Å². The predicted octanol–water partition coefficient (Wildman–Crippen LogP) is 1.37. The first-order valence-corrected chi connectivity index (χ1v) is 4.13. The number of nitrogens with zero attached hydrogens (tertiary/aromatic N) is 1. The molecule has 1 saturated heterocycles. The van der Waals surface area contributed by atoms with Crippen LogP contribution in [0.3, 0.4) is 0 Å². The van der Waals surface area contributed by atoms with Crippen LogP contribution in [0, 0.1) is 5.21 Å². The molecule has 1 rings (SSSR count). The molecular formula is C8H16NO2-. The molecule has 0 spiro atoms. The highest BCUT2D eigenvalue weighted by Crippen LogP contribution is 2.23. The van der Waals surface area contributed by atoms with Crippen molar-refractivity contribution < 1.29 is 4.74 Å². The standard InChI is InChI=1S/C8H16NO2/c1-6-4-8(11-3)5-7(2)9(6)10/h6-8H,4-5H2,1-3H3/q-1. The average molecular weight is 158 g/mol. The van der Waals surface area contributed by atoms with Crippen molar-refractivity contribution in [3.05, 3.63) is 5.21 Å². The molecule has 3 nitrogen and oxygen atoms in total. The zero-order chi connectivity index (χ0) is 8.43. The molecule has 0 radical (unpaired) electrons. The van der Waals surface area contributed by atoms with Gasteiger partial charge in [-0.05, 0) is 24.9 Å². The quantitative estimate of drug-likeness (QED) is 0.578. The van der Waals surface area contributed by atoms with Crippen LogP contribution in [0.15, 0.2) is 0 Å². The second-order valence-electron chi connectivity index (χ2n) is 3.39. The summed E-state index contributed by atoms with van der Waals surface area (Å²) in [6.07, 6.45) is 2.01. The molecule has 0 saturated carbocycles. The third-order valence-corrected chi connectivity index (χ3v) is 2.41. The SMILES string of the molecule is COC1CC(C)N([O-])C(C)C1. The molecule has 1 heterocycles. The maximum Gasteiger partial charge on any atom is 0.0600 e. The molecule has 0 bridgehead atoms. The van der Waals surface area contributed by atoms with E-state index in [2.05, 4.69) is 0 Å². The van der Waals surface area contributed by atoms with E-state index < -0.39 is 0 Å². The molecule has 0 aromatic heterocycles. The molecule has 0 N–H and O–H groups in total. The molecule has 2 unspecified atom stereocenters. The molecular weight excluding hydrogens is 142 g/mol. The summed E-state index contributed by atoms with van der Waals surface area (Å²) in [5.74, 6) is 0. The number of hydrogen-bond donors (Lipinski definition) is 0. The van der Waals surface area contributed by atoms with E-state index in [1.54, 1.807) is 7.11 Å². The summed E-state index contributed by atoms with van der Waals surface area (Å²) in [6.45, 7) is 3.91. The third kappa shape index (κ3) is 1.92. The maximum absolute atomic E-state index is 11.2. The van der Waals surface area contributed by atoms with Gasteiger partial charge in [0, 0.05) is 7.11 Å². The third-order valence-electron chi connectivity index (χ3n) is 2.41. The largest absolute Gasteiger partial charge is 0.785 e. The van der Waals surface area contributed by atoms with Crippen LogP contribution < -0.4 is 0 Å². The first-order chi connectivity index (χ1) is 5.15. The molecule has 3 heteroatoms. The second-order valence-corrected chi connectivity index (χ2v) is 3.39. The van der Waals surface area contributed by atoms with Crippen LogP contribution >= 0.6 is 0 Å². The fourth-order valence-corrected chi connectivity index (χ4v) is 1.69. The van der Waals surface area contributed by atoms with E-state index in [0.717, 1.165) is 12.8 Å². The van der Waals surface area contributed by atoms with Crippen molar-refractivity contribution in [2.24, 2.45) is 0 Å². The van der Waals surface area contributed by atoms with E-state index in [4.69, 9.17) is 4.74 Å². The van der Waals surface area contributed by atoms with Gasteiger partial charge in [-0.1, -0.05) is 13.8 Å². The van der Waals surface area contributed by atoms with Crippen molar-refractivity contribution in [2.45, 2.75) is 44.9 Å². The minimum absolute atomic E-state index is 0.115. The van der Waals surface area contributed by atoms with Crippen molar-refractivity contribution in [3.8, 4) is 0 Å². The van der Waals surface area contributed by atoms with Crippen LogP contribution in [0.4, 0.5) is 0 Å². The van der Waals surface area contributed by atoms with E-state index in [0.29, 0.717) is 0 Å². The Bertz CT molecular complexity index is 117. The summed E-state index contributed by atoms with van der Waals surface area (Å²) in [7, 11) is 1.71. The van der Waals surface area contributed by atoms with Gasteiger partial charge < -0.3 is 15.0 Å². The molecule has 1 aliphatic rings. The number of rotatable bonds is 1. The lowest BCUT2D eigenvalue weighted by Gasteiger charge is -2.46. The summed E-state index contributed by atoms with van der Waals surface area (Å²) in [6, 6.07) is 0.229. The number of ether oxygens (including phenoxy) is 1. The monoisotopic (exact) mass is 158 g/mol. The summed E-state index contributed by atoms with van der Waals surface area (Å²) in [4.78, 5) is 0. The van der Waals surface area contributed by atoms with Gasteiger partial charge >= 0.3 is 0 Å². The number of hydrogen-bond acceptors (Lipinski definition) is 3. The Labute approximate surface area is 67.9 Å². The highest BCUT2D eigenvalue weighted by atomic mass is 16.5. The molecule has 2 atom stereocenters. The lowest BCUT2D eigenvalue weighted by molar-refractivity contribution is 0.00880. The Hall–Kier alpha value is -0.120. The fourth-order valence-electron chi connectivity index (χ4n) is 1.69. The van der Waals surface area contributed by atoms with Crippen LogP contribution in [0.25, 0.3) is 0 Å². The molecule has 11 heavy (non-hydrogen) atoms. The Morgan fingerprint density at radius 3 is 2.09 bits per heavy atom. The second kappa shape index (κ2) is 3.52. The van der Waals surface area contributed by atoms with E-state index in [-0.39, 0.29) is 18.2 Å². The van der Waals surface area contributed by atoms with E-state index in [1.807, 2.05) is 13.8 Å². The predicted molar refractivity (Wildman–Crippen MR) is 44.2 cm³/mol. The smallest absolute Gasteiger partial charge is 0.0600 e. The summed E-state index contributed by atoms with van der Waals surface area (Å²) in [5, 5.41) is 12.4. The number of hydroxylamine groups is 2. The van der Waals surface area contributed by atoms with Crippen LogP contribution in [-0.2, 0) is 4.74 Å². The summed E-state index contributed by atoms with van der Waals surface area (Å²) >= 11 is 0. The van der Waals surface area contributed by atoms with Gasteiger partial charge in [-0.15, -0.1) is 0 Å². The van der Waals surface area contributed by atoms with E-state index in [1.165, 1.54) is 5.06 Å². The Morgan fingerprint density at radius 1 is 1.27 bits per heavy atom. The molecule has 0 aromatic carbocycles. The van der Waals surface area contributed by atoms with E-state index >= 15 is 0 Å². The van der Waals surface area contributed by atoms with Crippen LogP contribution in [-0.4, -0.2) is 30.4 Å². The normalized spacial score (nSPS) is 40.9. The minimum atomic E-state index is 0.115. The number of piperidine rings is 1. The first-order valence-electron chi connectivity index (χ1n) is 4.13. The van der Waals surface area contributed by atoms with Crippen LogP contribution in [0.5, 0.6) is 0 Å². The Morgan fingerprint density at radius 2 is 1.73 bits per heavy atom. The minimum Gasteiger partial charge on any atom is -0.785 e. The first kappa shape index (κ1) is 8.97. The van der Waals surface area contributed by atoms with E-state index in [9.17, 15) is 5.21 Å². The fraction of sp³-hybridized carbons (Fsp3) is 1.00. The maximum atomic E-state index is 11.2. The highest BCUT2D eigenvalue weighted by Gasteiger charge is 2.24. The van der Waals surface area contributed by atoms with Crippen molar-refractivity contribution in [1.29, 1.82) is 0 Å². The zero-order valence-electron chi connectivity index (χ0n) is 7.41. The van der Waals surface area contributed by atoms with Gasteiger partial charge in [-0.25, -0.2) is 0 Å². The molecule has 0 aliphatic carbocycles. The highest BCUT2D eigenvalue weighted by molar-refractivity contribution is 4.84. The molecule has 0 amide bonds. The Kier molecular flexibility index (Phi) is 2.87. The van der Waals surface area contributed by atoms with Crippen LogP contribution in [0.2, 0.25) is 0 Å². The van der Waals surface area contributed by atoms with Crippen molar-refractivity contribution >= 4 is 0 Å². The summed E-state index contributed by atoms with van der Waals surface area (Å²) < 4.78 is 5.21.